The van der Waals surface area contributed by atoms with Gasteiger partial charge in [0.05, 0.1) is 6.61 Å². The topological polar surface area (TPSA) is 25.4 Å². The highest BCUT2D eigenvalue weighted by Gasteiger charge is 2.25. The van der Waals surface area contributed by atoms with Crippen LogP contribution < -0.4 is 4.90 Å². The fraction of sp³-hybridized carbons (Fsp3) is 0.250. The van der Waals surface area contributed by atoms with E-state index in [0.717, 1.165) is 17.3 Å². The van der Waals surface area contributed by atoms with Crippen molar-refractivity contribution in [2.24, 2.45) is 0 Å². The number of hydrogen-bond acceptors (Lipinski definition) is 3. The molecule has 1 aromatic heterocycles. The molecule has 4 rings (SSSR count). The molecule has 3 nitrogen and oxygen atoms in total. The lowest BCUT2D eigenvalue weighted by atomic mass is 10.0. The predicted octanol–water partition coefficient (Wildman–Crippen LogP) is 4.40. The van der Waals surface area contributed by atoms with Crippen LogP contribution in [0.5, 0.6) is 0 Å². The van der Waals surface area contributed by atoms with E-state index >= 15 is 0 Å². The highest BCUT2D eigenvalue weighted by molar-refractivity contribution is 5.92. The number of benzene rings is 2. The molecule has 0 saturated carbocycles. The van der Waals surface area contributed by atoms with Crippen LogP contribution in [-0.4, -0.2) is 24.7 Å². The van der Waals surface area contributed by atoms with E-state index in [1.165, 1.54) is 11.6 Å². The number of hydrogen-bond donors (Lipinski definition) is 0. The number of pyridine rings is 1. The lowest BCUT2D eigenvalue weighted by Gasteiger charge is -2.35. The lowest BCUT2D eigenvalue weighted by molar-refractivity contribution is 0.0395. The maximum Gasteiger partial charge on any atom is 0.152 e. The van der Waals surface area contributed by atoms with E-state index in [0.29, 0.717) is 25.1 Å². The molecule has 0 radical (unpaired) electrons. The highest BCUT2D eigenvalue weighted by atomic mass is 19.1. The third-order valence-corrected chi connectivity index (χ3v) is 4.68. The zero-order valence-electron chi connectivity index (χ0n) is 13.9. The van der Waals surface area contributed by atoms with Crippen LogP contribution in [0.4, 0.5) is 14.5 Å². The molecule has 5 heteroatoms. The van der Waals surface area contributed by atoms with Gasteiger partial charge in [0.25, 0.3) is 0 Å². The molecule has 1 aliphatic heterocycles. The van der Waals surface area contributed by atoms with Gasteiger partial charge in [-0.1, -0.05) is 24.3 Å². The first-order chi connectivity index (χ1) is 12.1. The van der Waals surface area contributed by atoms with E-state index in [9.17, 15) is 8.78 Å². The second-order valence-electron chi connectivity index (χ2n) is 6.28. The molecule has 0 spiro atoms. The van der Waals surface area contributed by atoms with Crippen molar-refractivity contribution in [3.63, 3.8) is 0 Å². The van der Waals surface area contributed by atoms with Crippen molar-refractivity contribution in [3.05, 3.63) is 71.4 Å². The third kappa shape index (κ3) is 2.96. The maximum absolute atomic E-state index is 14.0. The number of halogens is 2. The molecule has 2 aromatic carbocycles. The van der Waals surface area contributed by atoms with Crippen LogP contribution in [0.2, 0.25) is 0 Å². The Kier molecular flexibility index (Phi) is 4.09. The quantitative estimate of drug-likeness (QED) is 0.691. The molecule has 1 aliphatic rings. The Bertz CT molecular complexity index is 929. The van der Waals surface area contributed by atoms with Gasteiger partial charge >= 0.3 is 0 Å². The van der Waals surface area contributed by atoms with Gasteiger partial charge in [-0.15, -0.1) is 0 Å². The molecule has 1 fully saturated rings. The molecule has 3 aromatic rings. The van der Waals surface area contributed by atoms with Gasteiger partial charge in [-0.25, -0.2) is 8.78 Å². The standard InChI is InChI=1S/C20H18F2N2O/c1-13-4-2-3-5-15(13)19-12-24(8-9-25-19)18-6-7-23-20-16(18)10-14(21)11-17(20)22/h2-7,10-11,19H,8-9,12H2,1H3. The predicted molar refractivity (Wildman–Crippen MR) is 93.7 cm³/mol. The molecule has 1 unspecified atom stereocenters. The second kappa shape index (κ2) is 6.41. The Hall–Kier alpha value is -2.53. The summed E-state index contributed by atoms with van der Waals surface area (Å²) in [6.45, 7) is 3.91. The van der Waals surface area contributed by atoms with Crippen molar-refractivity contribution < 1.29 is 13.5 Å². The number of nitrogens with zero attached hydrogens (tertiary/aromatic N) is 2. The summed E-state index contributed by atoms with van der Waals surface area (Å²) in [5, 5.41) is 0.491. The van der Waals surface area contributed by atoms with E-state index in [1.54, 1.807) is 12.3 Å². The lowest BCUT2D eigenvalue weighted by Crippen LogP contribution is -2.38. The summed E-state index contributed by atoms with van der Waals surface area (Å²) >= 11 is 0. The summed E-state index contributed by atoms with van der Waals surface area (Å²) in [5.41, 5.74) is 3.29. The average molecular weight is 340 g/mol. The van der Waals surface area contributed by atoms with Gasteiger partial charge in [-0.2, -0.15) is 0 Å². The van der Waals surface area contributed by atoms with Gasteiger partial charge in [0, 0.05) is 36.4 Å². The van der Waals surface area contributed by atoms with Crippen LogP contribution in [0.3, 0.4) is 0 Å². The van der Waals surface area contributed by atoms with Gasteiger partial charge < -0.3 is 9.64 Å². The fourth-order valence-corrected chi connectivity index (χ4v) is 3.44. The normalized spacial score (nSPS) is 17.9. The second-order valence-corrected chi connectivity index (χ2v) is 6.28. The molecule has 0 bridgehead atoms. The number of rotatable bonds is 2. The first kappa shape index (κ1) is 16.0. The molecule has 0 aliphatic carbocycles. The molecule has 0 N–H and O–H groups in total. The highest BCUT2D eigenvalue weighted by Crippen LogP contribution is 2.32. The van der Waals surface area contributed by atoms with Crippen molar-refractivity contribution in [1.82, 2.24) is 4.98 Å². The summed E-state index contributed by atoms with van der Waals surface area (Å²) in [5.74, 6) is -1.23. The Morgan fingerprint density at radius 1 is 1.16 bits per heavy atom. The van der Waals surface area contributed by atoms with Crippen LogP contribution in [0, 0.1) is 18.6 Å². The minimum atomic E-state index is -0.638. The Balaban J connectivity index is 1.73. The van der Waals surface area contributed by atoms with Crippen molar-refractivity contribution >= 4 is 16.6 Å². The number of ether oxygens (including phenoxy) is 1. The van der Waals surface area contributed by atoms with Crippen molar-refractivity contribution in [1.29, 1.82) is 0 Å². The maximum atomic E-state index is 14.0. The summed E-state index contributed by atoms with van der Waals surface area (Å²) in [6, 6.07) is 12.1. The van der Waals surface area contributed by atoms with Crippen LogP contribution in [0.1, 0.15) is 17.2 Å². The smallest absolute Gasteiger partial charge is 0.152 e. The Labute approximate surface area is 144 Å². The molecule has 25 heavy (non-hydrogen) atoms. The van der Waals surface area contributed by atoms with E-state index in [4.69, 9.17) is 4.74 Å². The van der Waals surface area contributed by atoms with Gasteiger partial charge in [0.2, 0.25) is 0 Å². The first-order valence-corrected chi connectivity index (χ1v) is 8.29. The first-order valence-electron chi connectivity index (χ1n) is 8.29. The van der Waals surface area contributed by atoms with Gasteiger partial charge in [-0.05, 0) is 30.2 Å². The number of fused-ring (bicyclic) bond motifs is 1. The van der Waals surface area contributed by atoms with Crippen LogP contribution in [0.15, 0.2) is 48.7 Å². The number of aryl methyl sites for hydroxylation is 1. The molecular formula is C20H18F2N2O. The summed E-state index contributed by atoms with van der Waals surface area (Å²) < 4.78 is 33.7. The van der Waals surface area contributed by atoms with E-state index < -0.39 is 11.6 Å². The van der Waals surface area contributed by atoms with Gasteiger partial charge in [-0.3, -0.25) is 4.98 Å². The van der Waals surface area contributed by atoms with Crippen LogP contribution in [0.25, 0.3) is 10.9 Å². The van der Waals surface area contributed by atoms with Crippen molar-refractivity contribution in [3.8, 4) is 0 Å². The number of morpholine rings is 1. The third-order valence-electron chi connectivity index (χ3n) is 4.68. The Morgan fingerprint density at radius 2 is 2.00 bits per heavy atom. The van der Waals surface area contributed by atoms with E-state index in [-0.39, 0.29) is 11.6 Å². The number of aromatic nitrogens is 1. The van der Waals surface area contributed by atoms with E-state index in [1.807, 2.05) is 12.1 Å². The molecule has 1 saturated heterocycles. The van der Waals surface area contributed by atoms with Gasteiger partial charge in [0.1, 0.15) is 17.4 Å². The molecule has 1 atom stereocenters. The Morgan fingerprint density at radius 3 is 2.84 bits per heavy atom. The molecule has 128 valence electrons. The monoisotopic (exact) mass is 340 g/mol. The molecular weight excluding hydrogens is 322 g/mol. The van der Waals surface area contributed by atoms with Crippen molar-refractivity contribution in [2.45, 2.75) is 13.0 Å². The molecule has 2 heterocycles. The van der Waals surface area contributed by atoms with Crippen LogP contribution in [-0.2, 0) is 4.74 Å². The largest absolute Gasteiger partial charge is 0.370 e. The zero-order chi connectivity index (χ0) is 17.4. The molecule has 0 amide bonds. The summed E-state index contributed by atoms with van der Waals surface area (Å²) in [4.78, 5) is 6.18. The summed E-state index contributed by atoms with van der Waals surface area (Å²) in [6.07, 6.45) is 1.49. The summed E-state index contributed by atoms with van der Waals surface area (Å²) in [7, 11) is 0. The van der Waals surface area contributed by atoms with Gasteiger partial charge in [0.15, 0.2) is 5.82 Å². The SMILES string of the molecule is Cc1ccccc1C1CN(c2ccnc3c(F)cc(F)cc23)CCO1. The average Bonchev–Trinajstić information content (AvgIpc) is 2.62. The minimum Gasteiger partial charge on any atom is -0.370 e. The zero-order valence-corrected chi connectivity index (χ0v) is 13.9. The van der Waals surface area contributed by atoms with E-state index in [2.05, 4.69) is 28.9 Å². The minimum absolute atomic E-state index is 0.0726. The van der Waals surface area contributed by atoms with Crippen LogP contribution >= 0.6 is 0 Å². The van der Waals surface area contributed by atoms with Crippen molar-refractivity contribution in [2.75, 3.05) is 24.6 Å². The number of anilines is 1. The fourth-order valence-electron chi connectivity index (χ4n) is 3.44.